The summed E-state index contributed by atoms with van der Waals surface area (Å²) in [7, 11) is 0. The third-order valence-corrected chi connectivity index (χ3v) is 5.04. The quantitative estimate of drug-likeness (QED) is 0.319. The largest absolute Gasteiger partial charge is 0.490 e. The predicted molar refractivity (Wildman–Crippen MR) is 112 cm³/mol. The van der Waals surface area contributed by atoms with Crippen LogP contribution in [0.3, 0.4) is 0 Å². The second kappa shape index (κ2) is 9.19. The average Bonchev–Trinajstić information content (AvgIpc) is 3.47. The number of benzene rings is 2. The van der Waals surface area contributed by atoms with Crippen LogP contribution in [-0.4, -0.2) is 33.9 Å². The topological polar surface area (TPSA) is 90.0 Å². The molecule has 0 radical (unpaired) electrons. The summed E-state index contributed by atoms with van der Waals surface area (Å²) in [5.74, 6) is -0.146. The van der Waals surface area contributed by atoms with Crippen LogP contribution in [0.25, 0.3) is 16.4 Å². The van der Waals surface area contributed by atoms with Gasteiger partial charge < -0.3 is 9.47 Å². The summed E-state index contributed by atoms with van der Waals surface area (Å²) in [6, 6.07) is 18.1. The molecule has 0 atom stereocenters. The minimum Gasteiger partial charge on any atom is -0.490 e. The second-order valence-electron chi connectivity index (χ2n) is 6.25. The van der Waals surface area contributed by atoms with Gasteiger partial charge in [0, 0.05) is 0 Å². The molecule has 7 nitrogen and oxygen atoms in total. The highest BCUT2D eigenvalue weighted by molar-refractivity contribution is 7.13. The fraction of sp³-hybridized carbons (Fsp3) is 0.0909. The molecule has 0 aliphatic heterocycles. The number of carbonyl (C=O) groups excluding carboxylic acids is 1. The van der Waals surface area contributed by atoms with Crippen molar-refractivity contribution in [3.05, 3.63) is 83.2 Å². The smallest absolute Gasteiger partial charge is 0.378 e. The maximum Gasteiger partial charge on any atom is 0.378 e. The van der Waals surface area contributed by atoms with Crippen LogP contribution in [0.5, 0.6) is 5.75 Å². The van der Waals surface area contributed by atoms with E-state index in [4.69, 9.17) is 14.7 Å². The Morgan fingerprint density at radius 3 is 2.55 bits per heavy atom. The Morgan fingerprint density at radius 1 is 1.10 bits per heavy atom. The molecular weight excluding hydrogens is 419 g/mol. The van der Waals surface area contributed by atoms with Gasteiger partial charge in [-0.15, -0.1) is 16.4 Å². The Hall–Kier alpha value is -4.03. The molecule has 0 spiro atoms. The molecule has 154 valence electrons. The van der Waals surface area contributed by atoms with Crippen molar-refractivity contribution in [3.63, 3.8) is 0 Å². The lowest BCUT2D eigenvalue weighted by molar-refractivity contribution is 0.0436. The minimum atomic E-state index is -0.693. The van der Waals surface area contributed by atoms with Crippen molar-refractivity contribution < 1.29 is 18.7 Å². The third kappa shape index (κ3) is 4.76. The van der Waals surface area contributed by atoms with E-state index in [0.717, 1.165) is 4.88 Å². The Kier molecular flexibility index (Phi) is 6.01. The maximum absolute atomic E-state index is 13.3. The van der Waals surface area contributed by atoms with Crippen molar-refractivity contribution in [2.24, 2.45) is 0 Å². The second-order valence-corrected chi connectivity index (χ2v) is 7.19. The molecule has 0 bridgehead atoms. The molecular formula is C22H15FN4O3S. The van der Waals surface area contributed by atoms with Gasteiger partial charge in [-0.3, -0.25) is 0 Å². The van der Waals surface area contributed by atoms with E-state index in [9.17, 15) is 9.18 Å². The van der Waals surface area contributed by atoms with Gasteiger partial charge in [0.25, 0.3) is 5.82 Å². The highest BCUT2D eigenvalue weighted by atomic mass is 32.1. The van der Waals surface area contributed by atoms with Crippen LogP contribution in [-0.2, 0) is 4.74 Å². The Bertz CT molecular complexity index is 1210. The fourth-order valence-corrected chi connectivity index (χ4v) is 3.41. The first kappa shape index (κ1) is 20.3. The molecule has 4 rings (SSSR count). The lowest BCUT2D eigenvalue weighted by Gasteiger charge is -2.06. The Balaban J connectivity index is 1.44. The standard InChI is InChI=1S/C22H15FN4O3S/c23-16-5-7-17(8-6-16)27-21(19-2-1-13-31-19)25-20(26-27)22(28)30-12-11-29-18-9-3-15(14-24)4-10-18/h1-10,13H,11-12H2. The number of hydrogen-bond donors (Lipinski definition) is 0. The Labute approximate surface area is 180 Å². The number of hydrogen-bond acceptors (Lipinski definition) is 7. The lowest BCUT2D eigenvalue weighted by Crippen LogP contribution is -2.14. The number of nitrogens with zero attached hydrogens (tertiary/aromatic N) is 4. The normalized spacial score (nSPS) is 10.5. The SMILES string of the molecule is N#Cc1ccc(OCCOC(=O)c2nc(-c3cccs3)n(-c3ccc(F)cc3)n2)cc1. The Morgan fingerprint density at radius 2 is 1.87 bits per heavy atom. The first-order chi connectivity index (χ1) is 15.1. The number of rotatable bonds is 7. The summed E-state index contributed by atoms with van der Waals surface area (Å²) in [5, 5.41) is 15.0. The van der Waals surface area contributed by atoms with Gasteiger partial charge in [-0.25, -0.2) is 13.9 Å². The van der Waals surface area contributed by atoms with Gasteiger partial charge in [-0.1, -0.05) is 6.07 Å². The first-order valence-electron chi connectivity index (χ1n) is 9.21. The van der Waals surface area contributed by atoms with Gasteiger partial charge in [-0.2, -0.15) is 10.2 Å². The van der Waals surface area contributed by atoms with Crippen molar-refractivity contribution >= 4 is 17.3 Å². The first-order valence-corrected chi connectivity index (χ1v) is 10.1. The van der Waals surface area contributed by atoms with Gasteiger partial charge in [0.2, 0.25) is 0 Å². The van der Waals surface area contributed by atoms with Crippen LogP contribution in [0.2, 0.25) is 0 Å². The minimum absolute atomic E-state index is 0.00173. The van der Waals surface area contributed by atoms with Crippen LogP contribution >= 0.6 is 11.3 Å². The zero-order valence-electron chi connectivity index (χ0n) is 16.1. The zero-order valence-corrected chi connectivity index (χ0v) is 16.9. The molecule has 4 aromatic rings. The molecule has 2 aromatic carbocycles. The van der Waals surface area contributed by atoms with Crippen LogP contribution < -0.4 is 4.74 Å². The summed E-state index contributed by atoms with van der Waals surface area (Å²) >= 11 is 1.45. The van der Waals surface area contributed by atoms with Crippen LogP contribution in [0, 0.1) is 17.1 Å². The van der Waals surface area contributed by atoms with Crippen molar-refractivity contribution in [1.82, 2.24) is 14.8 Å². The molecule has 2 aromatic heterocycles. The summed E-state index contributed by atoms with van der Waals surface area (Å²) in [5.41, 5.74) is 1.10. The van der Waals surface area contributed by atoms with Gasteiger partial charge in [-0.05, 0) is 60.0 Å². The monoisotopic (exact) mass is 434 g/mol. The predicted octanol–water partition coefficient (Wildman–Crippen LogP) is 4.24. The van der Waals surface area contributed by atoms with Crippen LogP contribution in [0.1, 0.15) is 16.2 Å². The number of ether oxygens (including phenoxy) is 2. The molecule has 0 amide bonds. The van der Waals surface area contributed by atoms with E-state index < -0.39 is 5.97 Å². The average molecular weight is 434 g/mol. The van der Waals surface area contributed by atoms with Crippen LogP contribution in [0.15, 0.2) is 66.0 Å². The lowest BCUT2D eigenvalue weighted by atomic mass is 10.2. The van der Waals surface area contributed by atoms with Gasteiger partial charge in [0.05, 0.1) is 22.2 Å². The van der Waals surface area contributed by atoms with Crippen molar-refractivity contribution in [1.29, 1.82) is 5.26 Å². The summed E-state index contributed by atoms with van der Waals surface area (Å²) in [4.78, 5) is 17.6. The van der Waals surface area contributed by atoms with E-state index >= 15 is 0 Å². The van der Waals surface area contributed by atoms with Crippen molar-refractivity contribution in [2.45, 2.75) is 0 Å². The molecule has 31 heavy (non-hydrogen) atoms. The fourth-order valence-electron chi connectivity index (χ4n) is 2.71. The highest BCUT2D eigenvalue weighted by Crippen LogP contribution is 2.25. The van der Waals surface area contributed by atoms with E-state index in [0.29, 0.717) is 22.8 Å². The molecule has 9 heteroatoms. The van der Waals surface area contributed by atoms with E-state index in [1.54, 1.807) is 36.4 Å². The van der Waals surface area contributed by atoms with E-state index in [1.165, 1.54) is 28.2 Å². The molecule has 2 heterocycles. The molecule has 0 unspecified atom stereocenters. The van der Waals surface area contributed by atoms with E-state index in [-0.39, 0.29) is 24.9 Å². The summed E-state index contributed by atoms with van der Waals surface area (Å²) in [6.07, 6.45) is 0. The van der Waals surface area contributed by atoms with Gasteiger partial charge >= 0.3 is 5.97 Å². The molecule has 0 fully saturated rings. The zero-order chi connectivity index (χ0) is 21.6. The van der Waals surface area contributed by atoms with Crippen molar-refractivity contribution in [3.8, 4) is 28.2 Å². The maximum atomic E-state index is 13.3. The number of thiophene rings is 1. The molecule has 0 N–H and O–H groups in total. The summed E-state index contributed by atoms with van der Waals surface area (Å²) in [6.45, 7) is 0.131. The number of esters is 1. The molecule has 0 aliphatic carbocycles. The third-order valence-electron chi connectivity index (χ3n) is 4.17. The number of halogens is 1. The van der Waals surface area contributed by atoms with Gasteiger partial charge in [0.15, 0.2) is 5.82 Å². The van der Waals surface area contributed by atoms with E-state index in [2.05, 4.69) is 10.1 Å². The molecule has 0 aliphatic rings. The highest BCUT2D eigenvalue weighted by Gasteiger charge is 2.20. The number of nitriles is 1. The number of aromatic nitrogens is 3. The summed E-state index contributed by atoms with van der Waals surface area (Å²) < 4.78 is 25.5. The number of carbonyl (C=O) groups is 1. The molecule has 0 saturated carbocycles. The van der Waals surface area contributed by atoms with Crippen molar-refractivity contribution in [2.75, 3.05) is 13.2 Å². The van der Waals surface area contributed by atoms with E-state index in [1.807, 2.05) is 23.6 Å². The molecule has 0 saturated heterocycles. The van der Waals surface area contributed by atoms with Gasteiger partial charge in [0.1, 0.15) is 24.8 Å². The van der Waals surface area contributed by atoms with Crippen LogP contribution in [0.4, 0.5) is 4.39 Å².